The summed E-state index contributed by atoms with van der Waals surface area (Å²) in [4.78, 5) is 20.8. The van der Waals surface area contributed by atoms with E-state index >= 15 is 0 Å². The number of aliphatic hydroxyl groups is 1. The third-order valence-corrected chi connectivity index (χ3v) is 9.24. The highest BCUT2D eigenvalue weighted by atomic mass is 32.2. The lowest BCUT2D eigenvalue weighted by Crippen LogP contribution is -2.38. The van der Waals surface area contributed by atoms with Crippen LogP contribution in [0, 0.1) is 35.8 Å². The van der Waals surface area contributed by atoms with Crippen LogP contribution in [0.25, 0.3) is 0 Å². The second kappa shape index (κ2) is 11.4. The van der Waals surface area contributed by atoms with E-state index in [1.807, 2.05) is 11.8 Å². The molecule has 4 rings (SSSR count). The molecule has 2 aliphatic heterocycles. The van der Waals surface area contributed by atoms with Gasteiger partial charge in [-0.25, -0.2) is 18.1 Å². The van der Waals surface area contributed by atoms with Crippen LogP contribution in [0.5, 0.6) is 0 Å². The number of aliphatic hydroxyl groups excluding tert-OH is 1. The summed E-state index contributed by atoms with van der Waals surface area (Å²) in [6.07, 6.45) is 2.18. The number of fused-ring (bicyclic) bond motifs is 1. The Bertz CT molecular complexity index is 1370. The van der Waals surface area contributed by atoms with Crippen molar-refractivity contribution in [2.24, 2.45) is 0 Å². The zero-order valence-electron chi connectivity index (χ0n) is 22.4. The number of hydrogen-bond acceptors (Lipinski definition) is 8. The van der Waals surface area contributed by atoms with Gasteiger partial charge < -0.3 is 19.5 Å². The molecule has 206 valence electrons. The minimum atomic E-state index is -4.13. The average Bonchev–Trinajstić information content (AvgIpc) is 3.21. The van der Waals surface area contributed by atoms with Crippen molar-refractivity contribution in [3.63, 3.8) is 0 Å². The normalized spacial score (nSPS) is 17.6. The number of nitrogens with one attached hydrogen (secondary N) is 1. The molecule has 11 nitrogen and oxygen atoms in total. The second-order valence-corrected chi connectivity index (χ2v) is 11.8. The molecule has 0 amide bonds. The van der Waals surface area contributed by atoms with E-state index in [-0.39, 0.29) is 22.6 Å². The monoisotopic (exact) mass is 544 g/mol. The summed E-state index contributed by atoms with van der Waals surface area (Å²) >= 11 is 0. The van der Waals surface area contributed by atoms with Gasteiger partial charge in [-0.1, -0.05) is 0 Å². The molecular formula is C26H36N6O5S. The third-order valence-electron chi connectivity index (χ3n) is 7.57. The van der Waals surface area contributed by atoms with E-state index in [0.717, 1.165) is 43.1 Å². The molecule has 2 aliphatic rings. The molecular weight excluding hydrogens is 508 g/mol. The molecule has 0 spiro atoms. The van der Waals surface area contributed by atoms with Crippen LogP contribution in [0.1, 0.15) is 54.9 Å². The number of likely N-dealkylation sites (tertiary alicyclic amines) is 1. The Labute approximate surface area is 224 Å². The molecule has 2 aromatic rings. The van der Waals surface area contributed by atoms with E-state index in [0.29, 0.717) is 31.2 Å². The number of imidazole rings is 1. The highest BCUT2D eigenvalue weighted by Gasteiger charge is 2.34. The van der Waals surface area contributed by atoms with Gasteiger partial charge in [-0.15, -0.1) is 11.8 Å². The van der Waals surface area contributed by atoms with Crippen LogP contribution in [-0.4, -0.2) is 72.2 Å². The molecule has 0 bridgehead atoms. The molecule has 0 aliphatic carbocycles. The van der Waals surface area contributed by atoms with E-state index in [1.54, 1.807) is 6.92 Å². The Kier molecular flexibility index (Phi) is 8.42. The Balaban J connectivity index is 1.67. The first-order valence-electron chi connectivity index (χ1n) is 12.9. The Morgan fingerprint density at radius 1 is 1.24 bits per heavy atom. The van der Waals surface area contributed by atoms with Crippen molar-refractivity contribution in [1.82, 2.24) is 19.2 Å². The van der Waals surface area contributed by atoms with Crippen molar-refractivity contribution in [3.8, 4) is 11.8 Å². The number of aryl methyl sites for hydroxylation is 1. The van der Waals surface area contributed by atoms with Crippen LogP contribution in [0.15, 0.2) is 17.0 Å². The van der Waals surface area contributed by atoms with Crippen LogP contribution in [-0.2, 0) is 23.1 Å². The van der Waals surface area contributed by atoms with Gasteiger partial charge in [0.1, 0.15) is 11.5 Å². The summed E-state index contributed by atoms with van der Waals surface area (Å²) in [6, 6.07) is 2.12. The van der Waals surface area contributed by atoms with Gasteiger partial charge in [0.25, 0.3) is 5.69 Å². The van der Waals surface area contributed by atoms with E-state index < -0.39 is 27.6 Å². The van der Waals surface area contributed by atoms with Gasteiger partial charge in [0, 0.05) is 31.0 Å². The number of rotatable bonds is 8. The maximum atomic E-state index is 13.1. The fraction of sp³-hybridized carbons (Fsp3) is 0.577. The summed E-state index contributed by atoms with van der Waals surface area (Å²) in [5.74, 6) is 6.73. The first-order chi connectivity index (χ1) is 18.1. The number of sulfonamides is 1. The number of nitrogens with zero attached hydrogens (tertiary/aromatic N) is 5. The molecule has 0 radical (unpaired) electrons. The summed E-state index contributed by atoms with van der Waals surface area (Å²) in [6.45, 7) is 8.33. The van der Waals surface area contributed by atoms with Crippen LogP contribution < -0.4 is 9.62 Å². The van der Waals surface area contributed by atoms with E-state index in [2.05, 4.69) is 33.1 Å². The standard InChI is InChI=1S/C26H36N6O5S/c1-5-6-7-21(17-33)28-38(36,37)24-9-8-22(26(18(24)2)32(34)35)30-14-15-31-19(3)27-25(23(31)16-30)20-10-12-29(4)13-11-20/h8-9,20-21,28,33H,7,10-17H2,1-4H3. The second-order valence-electron chi connectivity index (χ2n) is 10.1. The number of anilines is 1. The lowest BCUT2D eigenvalue weighted by Gasteiger charge is -2.33. The quantitative estimate of drug-likeness (QED) is 0.294. The molecule has 12 heteroatoms. The van der Waals surface area contributed by atoms with E-state index in [4.69, 9.17) is 4.98 Å². The molecule has 3 heterocycles. The van der Waals surface area contributed by atoms with Crippen LogP contribution in [0.4, 0.5) is 11.4 Å². The molecule has 38 heavy (non-hydrogen) atoms. The Morgan fingerprint density at radius 2 is 1.95 bits per heavy atom. The number of aromatic nitrogens is 2. The maximum Gasteiger partial charge on any atom is 0.296 e. The summed E-state index contributed by atoms with van der Waals surface area (Å²) in [5.41, 5.74) is 2.38. The molecule has 1 aromatic heterocycles. The lowest BCUT2D eigenvalue weighted by atomic mass is 9.92. The number of nitro benzene ring substituents is 1. The zero-order valence-corrected chi connectivity index (χ0v) is 23.2. The van der Waals surface area contributed by atoms with Gasteiger partial charge in [-0.3, -0.25) is 10.1 Å². The maximum absolute atomic E-state index is 13.1. The third kappa shape index (κ3) is 5.56. The van der Waals surface area contributed by atoms with Gasteiger partial charge >= 0.3 is 0 Å². The molecule has 1 unspecified atom stereocenters. The first kappa shape index (κ1) is 28.0. The highest BCUT2D eigenvalue weighted by molar-refractivity contribution is 7.89. The topological polar surface area (TPSA) is 134 Å². The SMILES string of the molecule is CC#CCC(CO)NS(=O)(=O)c1ccc(N2CCn3c(C)nc(C4CCN(C)CC4)c3C2)c([N+](=O)[O-])c1C. The fourth-order valence-electron chi connectivity index (χ4n) is 5.49. The van der Waals surface area contributed by atoms with Crippen LogP contribution in [0.3, 0.4) is 0 Å². The summed E-state index contributed by atoms with van der Waals surface area (Å²) in [7, 11) is -2.01. The van der Waals surface area contributed by atoms with Crippen molar-refractivity contribution in [3.05, 3.63) is 45.0 Å². The van der Waals surface area contributed by atoms with E-state index in [9.17, 15) is 23.6 Å². The van der Waals surface area contributed by atoms with Gasteiger partial charge in [0.2, 0.25) is 10.0 Å². The first-order valence-corrected chi connectivity index (χ1v) is 14.4. The lowest BCUT2D eigenvalue weighted by molar-refractivity contribution is -0.384. The van der Waals surface area contributed by atoms with Crippen LogP contribution in [0.2, 0.25) is 0 Å². The minimum absolute atomic E-state index is 0.0593. The number of hydrogen-bond donors (Lipinski definition) is 2. The summed E-state index contributed by atoms with van der Waals surface area (Å²) < 4.78 is 30.9. The van der Waals surface area contributed by atoms with Gasteiger partial charge in [0.05, 0.1) is 40.4 Å². The highest BCUT2D eigenvalue weighted by Crippen LogP contribution is 2.39. The number of benzene rings is 1. The Hall–Kier alpha value is -2.98. The average molecular weight is 545 g/mol. The van der Waals surface area contributed by atoms with Crippen molar-refractivity contribution in [2.75, 3.05) is 38.2 Å². The predicted octanol–water partition coefficient (Wildman–Crippen LogP) is 2.29. The van der Waals surface area contributed by atoms with Crippen molar-refractivity contribution >= 4 is 21.4 Å². The fourth-order valence-corrected chi connectivity index (χ4v) is 6.96. The minimum Gasteiger partial charge on any atom is -0.395 e. The molecule has 0 saturated carbocycles. The van der Waals surface area contributed by atoms with Gasteiger partial charge in [0.15, 0.2) is 0 Å². The number of nitro groups is 1. The molecule has 1 aromatic carbocycles. The number of piperidine rings is 1. The zero-order chi connectivity index (χ0) is 27.6. The van der Waals surface area contributed by atoms with Crippen molar-refractivity contribution in [2.45, 2.75) is 70.0 Å². The Morgan fingerprint density at radius 3 is 2.58 bits per heavy atom. The summed E-state index contributed by atoms with van der Waals surface area (Å²) in [5, 5.41) is 21.8. The van der Waals surface area contributed by atoms with Crippen LogP contribution >= 0.6 is 0 Å². The van der Waals surface area contributed by atoms with Crippen molar-refractivity contribution < 1.29 is 18.4 Å². The molecule has 2 N–H and O–H groups in total. The molecule has 1 atom stereocenters. The van der Waals surface area contributed by atoms with Crippen molar-refractivity contribution in [1.29, 1.82) is 0 Å². The van der Waals surface area contributed by atoms with Gasteiger partial charge in [-0.05, 0) is 65.9 Å². The van der Waals surface area contributed by atoms with E-state index in [1.165, 1.54) is 19.1 Å². The largest absolute Gasteiger partial charge is 0.395 e. The van der Waals surface area contributed by atoms with Gasteiger partial charge in [-0.2, -0.15) is 0 Å². The predicted molar refractivity (Wildman–Crippen MR) is 145 cm³/mol. The smallest absolute Gasteiger partial charge is 0.296 e. The molecule has 1 fully saturated rings. The molecule has 1 saturated heterocycles.